The molecule has 8 nitrogen and oxygen atoms in total. The fraction of sp³-hybridized carbons (Fsp3) is 0.222. The number of hydrogen-bond acceptors (Lipinski definition) is 4. The van der Waals surface area contributed by atoms with Crippen LogP contribution in [-0.2, 0) is 18.3 Å². The molecule has 0 aliphatic heterocycles. The highest BCUT2D eigenvalue weighted by Gasteiger charge is 2.14. The van der Waals surface area contributed by atoms with E-state index in [0.29, 0.717) is 23.5 Å². The van der Waals surface area contributed by atoms with Crippen molar-refractivity contribution in [2.45, 2.75) is 19.8 Å². The van der Waals surface area contributed by atoms with Gasteiger partial charge in [-0.1, -0.05) is 6.07 Å². The molecule has 26 heavy (non-hydrogen) atoms. The van der Waals surface area contributed by atoms with Crippen molar-refractivity contribution >= 4 is 28.3 Å². The molecule has 8 heteroatoms. The molecule has 3 aromatic heterocycles. The summed E-state index contributed by atoms with van der Waals surface area (Å²) in [5.74, 6) is 0.186. The molecule has 2 N–H and O–H groups in total. The summed E-state index contributed by atoms with van der Waals surface area (Å²) in [6.07, 6.45) is 3.88. The van der Waals surface area contributed by atoms with E-state index < -0.39 is 0 Å². The van der Waals surface area contributed by atoms with Crippen LogP contribution in [0.4, 0.5) is 5.69 Å². The summed E-state index contributed by atoms with van der Waals surface area (Å²) < 4.78 is 3.28. The molecule has 4 rings (SSSR count). The third kappa shape index (κ3) is 2.65. The maximum Gasteiger partial charge on any atom is 0.277 e. The van der Waals surface area contributed by atoms with Crippen LogP contribution in [0.15, 0.2) is 41.6 Å². The number of hydrogen-bond donors (Lipinski definition) is 2. The minimum Gasteiger partial charge on any atom is -0.350 e. The summed E-state index contributed by atoms with van der Waals surface area (Å²) in [6, 6.07) is 7.75. The van der Waals surface area contributed by atoms with Crippen LogP contribution in [0.25, 0.3) is 16.7 Å². The van der Waals surface area contributed by atoms with Crippen LogP contribution in [0.1, 0.15) is 17.7 Å². The molecule has 0 unspecified atom stereocenters. The molecule has 0 bridgehead atoms. The van der Waals surface area contributed by atoms with Gasteiger partial charge in [-0.05, 0) is 31.5 Å². The van der Waals surface area contributed by atoms with Crippen molar-refractivity contribution in [1.82, 2.24) is 24.1 Å². The lowest BCUT2D eigenvalue weighted by Gasteiger charge is -2.08. The number of nitrogens with one attached hydrogen (secondary N) is 2. The lowest BCUT2D eigenvalue weighted by atomic mass is 10.1. The van der Waals surface area contributed by atoms with Gasteiger partial charge < -0.3 is 9.88 Å². The average molecular weight is 350 g/mol. The number of anilines is 1. The number of rotatable bonds is 4. The Morgan fingerprint density at radius 2 is 2.15 bits per heavy atom. The fourth-order valence-corrected chi connectivity index (χ4v) is 3.15. The SMILES string of the molecule is Cc1nc2nc[nH]n2c(=O)c1CCC(=O)Nc1cccc2c1ccn2C. The van der Waals surface area contributed by atoms with Crippen LogP contribution >= 0.6 is 0 Å². The first-order chi connectivity index (χ1) is 12.5. The molecule has 0 aliphatic carbocycles. The molecule has 132 valence electrons. The predicted molar refractivity (Wildman–Crippen MR) is 98.2 cm³/mol. The zero-order chi connectivity index (χ0) is 18.3. The van der Waals surface area contributed by atoms with E-state index in [4.69, 9.17) is 0 Å². The lowest BCUT2D eigenvalue weighted by molar-refractivity contribution is -0.116. The number of carbonyl (C=O) groups excluding carboxylic acids is 1. The lowest BCUT2D eigenvalue weighted by Crippen LogP contribution is -2.23. The molecule has 3 heterocycles. The van der Waals surface area contributed by atoms with Gasteiger partial charge in [0.15, 0.2) is 0 Å². The highest BCUT2D eigenvalue weighted by Crippen LogP contribution is 2.24. The Morgan fingerprint density at radius 3 is 3.00 bits per heavy atom. The summed E-state index contributed by atoms with van der Waals surface area (Å²) in [5.41, 5.74) is 2.71. The second-order valence-electron chi connectivity index (χ2n) is 6.22. The molecule has 1 amide bonds. The van der Waals surface area contributed by atoms with E-state index in [1.165, 1.54) is 10.8 Å². The zero-order valence-corrected chi connectivity index (χ0v) is 14.5. The summed E-state index contributed by atoms with van der Waals surface area (Å²) >= 11 is 0. The van der Waals surface area contributed by atoms with E-state index in [-0.39, 0.29) is 17.9 Å². The van der Waals surface area contributed by atoms with Crippen molar-refractivity contribution in [3.05, 3.63) is 58.4 Å². The van der Waals surface area contributed by atoms with Gasteiger partial charge in [-0.15, -0.1) is 0 Å². The number of fused-ring (bicyclic) bond motifs is 2. The number of benzene rings is 1. The first kappa shape index (κ1) is 16.1. The van der Waals surface area contributed by atoms with Crippen LogP contribution in [0.2, 0.25) is 0 Å². The number of amides is 1. The smallest absolute Gasteiger partial charge is 0.277 e. The number of aromatic amines is 1. The third-order valence-electron chi connectivity index (χ3n) is 4.54. The minimum absolute atomic E-state index is 0.144. The van der Waals surface area contributed by atoms with Crippen LogP contribution in [-0.4, -0.2) is 30.1 Å². The summed E-state index contributed by atoms with van der Waals surface area (Å²) in [5, 5.41) is 6.66. The van der Waals surface area contributed by atoms with Crippen molar-refractivity contribution in [1.29, 1.82) is 0 Å². The second-order valence-corrected chi connectivity index (χ2v) is 6.22. The largest absolute Gasteiger partial charge is 0.350 e. The highest BCUT2D eigenvalue weighted by molar-refractivity contribution is 6.01. The van der Waals surface area contributed by atoms with Crippen molar-refractivity contribution in [3.63, 3.8) is 0 Å². The minimum atomic E-state index is -0.219. The average Bonchev–Trinajstić information content (AvgIpc) is 3.22. The van der Waals surface area contributed by atoms with Gasteiger partial charge in [0, 0.05) is 36.1 Å². The summed E-state index contributed by atoms with van der Waals surface area (Å²) in [6.45, 7) is 1.76. The van der Waals surface area contributed by atoms with E-state index >= 15 is 0 Å². The van der Waals surface area contributed by atoms with Gasteiger partial charge in [0.1, 0.15) is 6.33 Å². The van der Waals surface area contributed by atoms with Crippen molar-refractivity contribution in [3.8, 4) is 0 Å². The van der Waals surface area contributed by atoms with Gasteiger partial charge in [-0.2, -0.15) is 4.52 Å². The first-order valence-corrected chi connectivity index (χ1v) is 8.30. The Kier molecular flexibility index (Phi) is 3.80. The van der Waals surface area contributed by atoms with Crippen LogP contribution < -0.4 is 10.9 Å². The van der Waals surface area contributed by atoms with E-state index in [1.807, 2.05) is 42.1 Å². The molecular weight excluding hydrogens is 332 g/mol. The first-order valence-electron chi connectivity index (χ1n) is 8.30. The molecule has 0 fully saturated rings. The highest BCUT2D eigenvalue weighted by atomic mass is 16.1. The molecule has 4 aromatic rings. The summed E-state index contributed by atoms with van der Waals surface area (Å²) in [4.78, 5) is 33.1. The topological polar surface area (TPSA) is 97.1 Å². The third-order valence-corrected chi connectivity index (χ3v) is 4.54. The Hall–Kier alpha value is -3.42. The van der Waals surface area contributed by atoms with Crippen molar-refractivity contribution < 1.29 is 4.79 Å². The van der Waals surface area contributed by atoms with Crippen LogP contribution in [0.5, 0.6) is 0 Å². The van der Waals surface area contributed by atoms with Crippen molar-refractivity contribution in [2.24, 2.45) is 7.05 Å². The normalized spacial score (nSPS) is 11.3. The number of aryl methyl sites for hydroxylation is 2. The van der Waals surface area contributed by atoms with Gasteiger partial charge in [0.2, 0.25) is 5.91 Å². The van der Waals surface area contributed by atoms with E-state index in [2.05, 4.69) is 20.4 Å². The van der Waals surface area contributed by atoms with Crippen molar-refractivity contribution in [2.75, 3.05) is 5.32 Å². The zero-order valence-electron chi connectivity index (χ0n) is 14.5. The van der Waals surface area contributed by atoms with Gasteiger partial charge in [0.05, 0.1) is 11.4 Å². The molecule has 0 atom stereocenters. The number of H-pyrrole nitrogens is 1. The molecule has 0 saturated carbocycles. The van der Waals surface area contributed by atoms with Gasteiger partial charge in [0.25, 0.3) is 11.3 Å². The monoisotopic (exact) mass is 350 g/mol. The number of nitrogens with zero attached hydrogens (tertiary/aromatic N) is 4. The second kappa shape index (κ2) is 6.14. The summed E-state index contributed by atoms with van der Waals surface area (Å²) in [7, 11) is 1.96. The fourth-order valence-electron chi connectivity index (χ4n) is 3.15. The van der Waals surface area contributed by atoms with E-state index in [1.54, 1.807) is 6.92 Å². The van der Waals surface area contributed by atoms with Crippen LogP contribution in [0, 0.1) is 6.92 Å². The predicted octanol–water partition coefficient (Wildman–Crippen LogP) is 1.79. The quantitative estimate of drug-likeness (QED) is 0.586. The Bertz CT molecular complexity index is 1180. The molecular formula is C18H18N6O2. The molecule has 0 saturated heterocycles. The Morgan fingerprint density at radius 1 is 1.31 bits per heavy atom. The maximum absolute atomic E-state index is 12.5. The van der Waals surface area contributed by atoms with E-state index in [9.17, 15) is 9.59 Å². The standard InChI is InChI=1S/C18H18N6O2/c1-11-12(17(26)24-18(21-11)19-10-20-24)6-7-16(25)22-14-4-3-5-15-13(14)8-9-23(15)2/h3-5,8-10H,6-7H2,1-2H3,(H,22,25)(H,19,20,21). The molecule has 0 spiro atoms. The maximum atomic E-state index is 12.5. The van der Waals surface area contributed by atoms with Gasteiger partial charge in [-0.25, -0.2) is 9.97 Å². The van der Waals surface area contributed by atoms with E-state index in [0.717, 1.165) is 16.6 Å². The van der Waals surface area contributed by atoms with Crippen LogP contribution in [0.3, 0.4) is 0 Å². The molecule has 0 radical (unpaired) electrons. The Labute approximate surface area is 148 Å². The number of carbonyl (C=O) groups is 1. The Balaban J connectivity index is 1.53. The number of aromatic nitrogens is 5. The molecule has 0 aliphatic rings. The van der Waals surface area contributed by atoms with Gasteiger partial charge in [-0.3, -0.25) is 14.7 Å². The van der Waals surface area contributed by atoms with Gasteiger partial charge >= 0.3 is 0 Å². The molecule has 1 aromatic carbocycles.